The maximum Gasteiger partial charge on any atom is 0.228 e. The summed E-state index contributed by atoms with van der Waals surface area (Å²) >= 11 is 3.49. The third-order valence-corrected chi connectivity index (χ3v) is 5.23. The van der Waals surface area contributed by atoms with Gasteiger partial charge in [-0.3, -0.25) is 4.21 Å². The molecule has 0 N–H and O–H groups in total. The van der Waals surface area contributed by atoms with Crippen LogP contribution in [0, 0.1) is 6.92 Å². The Morgan fingerprint density at radius 1 is 1.40 bits per heavy atom. The summed E-state index contributed by atoms with van der Waals surface area (Å²) < 4.78 is 18.4. The van der Waals surface area contributed by atoms with E-state index in [1.807, 2.05) is 49.2 Å². The molecule has 5 nitrogen and oxygen atoms in total. The molecule has 0 aliphatic rings. The number of rotatable bonds is 7. The molecule has 7 heteroatoms. The fourth-order valence-corrected chi connectivity index (χ4v) is 3.26. The Hall–Kier alpha value is -1.73. The smallest absolute Gasteiger partial charge is 0.228 e. The van der Waals surface area contributed by atoms with E-state index in [1.54, 1.807) is 12.6 Å². The van der Waals surface area contributed by atoms with Crippen LogP contribution in [0.25, 0.3) is 0 Å². The molecule has 1 atom stereocenters. The van der Waals surface area contributed by atoms with Crippen molar-refractivity contribution >= 4 is 38.8 Å². The number of aromatic nitrogens is 1. The number of benzene rings is 1. The van der Waals surface area contributed by atoms with Gasteiger partial charge in [-0.25, -0.2) is 9.98 Å². The Kier molecular flexibility index (Phi) is 7.13. The molecule has 0 saturated heterocycles. The summed E-state index contributed by atoms with van der Waals surface area (Å²) in [6, 6.07) is 9.44. The van der Waals surface area contributed by atoms with Crippen molar-refractivity contribution in [3.8, 4) is 5.88 Å². The van der Waals surface area contributed by atoms with Crippen LogP contribution >= 0.6 is 15.9 Å². The van der Waals surface area contributed by atoms with E-state index in [0.29, 0.717) is 12.5 Å². The van der Waals surface area contributed by atoms with Gasteiger partial charge in [-0.05, 0) is 41.9 Å². The number of ether oxygens (including phenoxy) is 1. The van der Waals surface area contributed by atoms with Gasteiger partial charge in [-0.15, -0.1) is 0 Å². The first-order valence-electron chi connectivity index (χ1n) is 7.88. The van der Waals surface area contributed by atoms with Gasteiger partial charge in [0.05, 0.1) is 33.0 Å². The predicted molar refractivity (Wildman–Crippen MR) is 106 cm³/mol. The fraction of sp³-hybridized carbons (Fsp3) is 0.333. The molecule has 2 rings (SSSR count). The number of aliphatic imine (C=N–C) groups is 1. The monoisotopic (exact) mass is 423 g/mol. The zero-order valence-electron chi connectivity index (χ0n) is 14.8. The van der Waals surface area contributed by atoms with Crippen LogP contribution in [0.15, 0.2) is 44.7 Å². The van der Waals surface area contributed by atoms with Gasteiger partial charge in [0.2, 0.25) is 5.88 Å². The van der Waals surface area contributed by atoms with E-state index in [9.17, 15) is 4.21 Å². The molecular weight excluding hydrogens is 402 g/mol. The molecule has 1 aromatic carbocycles. The van der Waals surface area contributed by atoms with Crippen molar-refractivity contribution in [2.45, 2.75) is 25.3 Å². The molecular formula is C18H22BrN3O2S. The normalized spacial score (nSPS) is 12.4. The first-order valence-corrected chi connectivity index (χ1v) is 10.2. The van der Waals surface area contributed by atoms with Crippen molar-refractivity contribution < 1.29 is 8.95 Å². The molecule has 25 heavy (non-hydrogen) atoms. The zero-order valence-corrected chi connectivity index (χ0v) is 17.2. The number of nitrogens with zero attached hydrogens (tertiary/aromatic N) is 3. The number of aryl methyl sites for hydroxylation is 1. The molecule has 0 saturated carbocycles. The highest BCUT2D eigenvalue weighted by Crippen LogP contribution is 2.30. The lowest BCUT2D eigenvalue weighted by molar-refractivity contribution is 0.288. The summed E-state index contributed by atoms with van der Waals surface area (Å²) in [6.07, 6.45) is 3.45. The highest BCUT2D eigenvalue weighted by atomic mass is 79.9. The van der Waals surface area contributed by atoms with Crippen LogP contribution in [0.3, 0.4) is 0 Å². The molecule has 1 heterocycles. The molecule has 1 unspecified atom stereocenters. The van der Waals surface area contributed by atoms with E-state index in [-0.39, 0.29) is 0 Å². The van der Waals surface area contributed by atoms with Crippen molar-refractivity contribution in [1.29, 1.82) is 0 Å². The van der Waals surface area contributed by atoms with E-state index in [1.165, 1.54) is 0 Å². The molecule has 0 bridgehead atoms. The predicted octanol–water partition coefficient (Wildman–Crippen LogP) is 4.08. The van der Waals surface area contributed by atoms with Crippen LogP contribution in [0.2, 0.25) is 0 Å². The Morgan fingerprint density at radius 2 is 2.12 bits per heavy atom. The maximum absolute atomic E-state index is 11.8. The van der Waals surface area contributed by atoms with Gasteiger partial charge in [0.25, 0.3) is 0 Å². The number of pyridine rings is 1. The molecule has 0 radical (unpaired) electrons. The van der Waals surface area contributed by atoms with Gasteiger partial charge in [0, 0.05) is 30.3 Å². The van der Waals surface area contributed by atoms with E-state index in [4.69, 9.17) is 4.74 Å². The lowest BCUT2D eigenvalue weighted by Crippen LogP contribution is -2.14. The van der Waals surface area contributed by atoms with E-state index in [2.05, 4.69) is 32.8 Å². The molecule has 2 aromatic rings. The topological polar surface area (TPSA) is 54.8 Å². The zero-order chi connectivity index (χ0) is 18.4. The molecule has 0 amide bonds. The minimum atomic E-state index is -1.06. The molecule has 0 fully saturated rings. The third kappa shape index (κ3) is 5.37. The van der Waals surface area contributed by atoms with Gasteiger partial charge in [0.15, 0.2) is 0 Å². The van der Waals surface area contributed by atoms with Gasteiger partial charge in [-0.1, -0.05) is 18.2 Å². The molecule has 1 aromatic heterocycles. The second-order valence-corrected chi connectivity index (χ2v) is 7.75. The molecule has 0 spiro atoms. The summed E-state index contributed by atoms with van der Waals surface area (Å²) in [6.45, 7) is 5.15. The largest absolute Gasteiger partial charge is 0.472 e. The van der Waals surface area contributed by atoms with Crippen LogP contribution in [0.4, 0.5) is 5.69 Å². The Labute approximate surface area is 159 Å². The summed E-state index contributed by atoms with van der Waals surface area (Å²) in [5.41, 5.74) is 2.46. The van der Waals surface area contributed by atoms with Crippen LogP contribution in [0.1, 0.15) is 18.2 Å². The minimum absolute atomic E-state index is 0.308. The van der Waals surface area contributed by atoms with Crippen molar-refractivity contribution in [2.24, 2.45) is 4.99 Å². The lowest BCUT2D eigenvalue weighted by atomic mass is 10.2. The lowest BCUT2D eigenvalue weighted by Gasteiger charge is -2.12. The van der Waals surface area contributed by atoms with E-state index in [0.717, 1.165) is 32.9 Å². The van der Waals surface area contributed by atoms with Crippen LogP contribution in [-0.4, -0.2) is 40.3 Å². The number of hydrogen-bond donors (Lipinski definition) is 0. The van der Waals surface area contributed by atoms with Crippen molar-refractivity contribution in [2.75, 3.05) is 19.8 Å². The average molecular weight is 424 g/mol. The fourth-order valence-electron chi connectivity index (χ4n) is 2.07. The average Bonchev–Trinajstić information content (AvgIpc) is 2.60. The van der Waals surface area contributed by atoms with Gasteiger partial charge >= 0.3 is 0 Å². The SMILES string of the molecule is CCN(C)C=Nc1cc(Br)c(OCc2ccccc2S(C)=O)nc1C. The van der Waals surface area contributed by atoms with Crippen LogP contribution in [0.5, 0.6) is 5.88 Å². The first-order chi connectivity index (χ1) is 11.9. The standard InChI is InChI=1S/C18H22BrN3O2S/c1-5-22(3)12-20-16-10-15(19)18(21-13(16)2)24-11-14-8-6-7-9-17(14)25(4)23/h6-10,12H,5,11H2,1-4H3. The third-order valence-electron chi connectivity index (χ3n) is 3.65. The van der Waals surface area contributed by atoms with Gasteiger partial charge < -0.3 is 9.64 Å². The quantitative estimate of drug-likeness (QED) is 0.497. The second kappa shape index (κ2) is 9.10. The number of hydrogen-bond acceptors (Lipinski definition) is 4. The Balaban J connectivity index is 2.18. The Bertz CT molecular complexity index is 796. The van der Waals surface area contributed by atoms with Crippen molar-refractivity contribution in [3.05, 3.63) is 46.1 Å². The highest BCUT2D eigenvalue weighted by molar-refractivity contribution is 9.10. The van der Waals surface area contributed by atoms with Crippen LogP contribution in [-0.2, 0) is 17.4 Å². The molecule has 134 valence electrons. The molecule has 0 aliphatic heterocycles. The number of halogens is 1. The first kappa shape index (κ1) is 19.6. The Morgan fingerprint density at radius 3 is 2.80 bits per heavy atom. The van der Waals surface area contributed by atoms with E-state index < -0.39 is 10.8 Å². The van der Waals surface area contributed by atoms with Gasteiger partial charge in [0.1, 0.15) is 6.61 Å². The maximum atomic E-state index is 11.8. The summed E-state index contributed by atoms with van der Waals surface area (Å²) in [5, 5.41) is 0. The van der Waals surface area contributed by atoms with Crippen LogP contribution < -0.4 is 4.74 Å². The summed E-state index contributed by atoms with van der Waals surface area (Å²) in [5.74, 6) is 0.497. The van der Waals surface area contributed by atoms with E-state index >= 15 is 0 Å². The second-order valence-electron chi connectivity index (χ2n) is 5.55. The van der Waals surface area contributed by atoms with Crippen molar-refractivity contribution in [3.63, 3.8) is 0 Å². The highest BCUT2D eigenvalue weighted by Gasteiger charge is 2.11. The summed E-state index contributed by atoms with van der Waals surface area (Å²) in [7, 11) is 0.910. The minimum Gasteiger partial charge on any atom is -0.472 e. The molecule has 0 aliphatic carbocycles. The van der Waals surface area contributed by atoms with Crippen molar-refractivity contribution in [1.82, 2.24) is 9.88 Å². The summed E-state index contributed by atoms with van der Waals surface area (Å²) in [4.78, 5) is 11.7. The van der Waals surface area contributed by atoms with Gasteiger partial charge in [-0.2, -0.15) is 0 Å².